The fourth-order valence-corrected chi connectivity index (χ4v) is 2.85. The van der Waals surface area contributed by atoms with Crippen molar-refractivity contribution in [2.24, 2.45) is 5.92 Å². The first-order chi connectivity index (χ1) is 7.79. The minimum absolute atomic E-state index is 0.0518. The van der Waals surface area contributed by atoms with E-state index in [4.69, 9.17) is 9.84 Å². The van der Waals surface area contributed by atoms with Crippen molar-refractivity contribution in [2.45, 2.75) is 57.7 Å². The maximum Gasteiger partial charge on any atom is 0.410 e. The number of hydrogen-bond acceptors (Lipinski definition) is 3. The predicted molar refractivity (Wildman–Crippen MR) is 60.6 cm³/mol. The van der Waals surface area contributed by atoms with Crippen LogP contribution < -0.4 is 0 Å². The Hall–Kier alpha value is -1.26. The van der Waals surface area contributed by atoms with Crippen LogP contribution in [0.5, 0.6) is 0 Å². The summed E-state index contributed by atoms with van der Waals surface area (Å²) in [6, 6.07) is -0.122. The molecule has 0 aromatic rings. The van der Waals surface area contributed by atoms with Crippen LogP contribution >= 0.6 is 0 Å². The van der Waals surface area contributed by atoms with Gasteiger partial charge in [-0.25, -0.2) is 4.79 Å². The monoisotopic (exact) mass is 241 g/mol. The Morgan fingerprint density at radius 1 is 1.29 bits per heavy atom. The molecule has 2 saturated heterocycles. The molecule has 1 N–H and O–H groups in total. The zero-order valence-electron chi connectivity index (χ0n) is 10.5. The van der Waals surface area contributed by atoms with Gasteiger partial charge in [0.2, 0.25) is 0 Å². The smallest absolute Gasteiger partial charge is 0.410 e. The lowest BCUT2D eigenvalue weighted by atomic mass is 9.89. The lowest BCUT2D eigenvalue weighted by molar-refractivity contribution is -0.142. The molecule has 5 heteroatoms. The van der Waals surface area contributed by atoms with E-state index in [1.165, 1.54) is 0 Å². The third-order valence-electron chi connectivity index (χ3n) is 3.46. The molecule has 2 fully saturated rings. The SMILES string of the molecule is CC(C)(C)OC(=O)N1[C@H]2CC[C@@H]1[C@@H](C(=O)O)C2. The highest BCUT2D eigenvalue weighted by Gasteiger charge is 2.52. The van der Waals surface area contributed by atoms with Gasteiger partial charge in [0.15, 0.2) is 0 Å². The van der Waals surface area contributed by atoms with E-state index in [2.05, 4.69) is 0 Å². The first-order valence-corrected chi connectivity index (χ1v) is 6.04. The van der Waals surface area contributed by atoms with Crippen LogP contribution in [0.2, 0.25) is 0 Å². The van der Waals surface area contributed by atoms with E-state index in [1.54, 1.807) is 4.90 Å². The molecule has 2 heterocycles. The largest absolute Gasteiger partial charge is 0.481 e. The summed E-state index contributed by atoms with van der Waals surface area (Å²) in [5.74, 6) is -1.22. The van der Waals surface area contributed by atoms with Crippen LogP contribution in [0, 0.1) is 5.92 Å². The van der Waals surface area contributed by atoms with Crippen LogP contribution in [-0.4, -0.2) is 39.8 Å². The van der Waals surface area contributed by atoms with Crippen LogP contribution in [0.1, 0.15) is 40.0 Å². The van der Waals surface area contributed by atoms with Crippen molar-refractivity contribution in [3.8, 4) is 0 Å². The average molecular weight is 241 g/mol. The maximum absolute atomic E-state index is 12.0. The lowest BCUT2D eigenvalue weighted by Crippen LogP contribution is -2.41. The second kappa shape index (κ2) is 3.89. The van der Waals surface area contributed by atoms with E-state index in [0.29, 0.717) is 6.42 Å². The van der Waals surface area contributed by atoms with Crippen molar-refractivity contribution in [2.75, 3.05) is 0 Å². The molecule has 2 aliphatic heterocycles. The van der Waals surface area contributed by atoms with Crippen LogP contribution in [0.3, 0.4) is 0 Å². The molecular weight excluding hydrogens is 222 g/mol. The Kier molecular flexibility index (Phi) is 2.79. The number of aliphatic carboxylic acids is 1. The number of carbonyl (C=O) groups excluding carboxylic acids is 1. The van der Waals surface area contributed by atoms with Crippen molar-refractivity contribution >= 4 is 12.1 Å². The van der Waals surface area contributed by atoms with Gasteiger partial charge in [-0.15, -0.1) is 0 Å². The first kappa shape index (κ1) is 12.2. The molecule has 5 nitrogen and oxygen atoms in total. The third-order valence-corrected chi connectivity index (χ3v) is 3.46. The lowest BCUT2D eigenvalue weighted by Gasteiger charge is -2.27. The number of carboxylic acids is 1. The van der Waals surface area contributed by atoms with E-state index < -0.39 is 17.5 Å². The molecule has 3 atom stereocenters. The quantitative estimate of drug-likeness (QED) is 0.761. The van der Waals surface area contributed by atoms with Crippen LogP contribution in [-0.2, 0) is 9.53 Å². The number of amides is 1. The summed E-state index contributed by atoms with van der Waals surface area (Å²) in [6.07, 6.45) is 1.88. The van der Waals surface area contributed by atoms with E-state index in [9.17, 15) is 9.59 Å². The van der Waals surface area contributed by atoms with Gasteiger partial charge < -0.3 is 14.7 Å². The van der Waals surface area contributed by atoms with E-state index in [1.807, 2.05) is 20.8 Å². The number of hydrogen-bond donors (Lipinski definition) is 1. The Labute approximate surface area is 101 Å². The fraction of sp³-hybridized carbons (Fsp3) is 0.833. The highest BCUT2D eigenvalue weighted by molar-refractivity contribution is 5.76. The molecule has 96 valence electrons. The van der Waals surface area contributed by atoms with Crippen molar-refractivity contribution in [1.82, 2.24) is 4.90 Å². The Bertz CT molecular complexity index is 347. The second-order valence-electron chi connectivity index (χ2n) is 5.87. The molecule has 0 aromatic heterocycles. The highest BCUT2D eigenvalue weighted by Crippen LogP contribution is 2.42. The Morgan fingerprint density at radius 3 is 2.41 bits per heavy atom. The summed E-state index contributed by atoms with van der Waals surface area (Å²) < 4.78 is 5.32. The van der Waals surface area contributed by atoms with Gasteiger partial charge in [0.1, 0.15) is 5.60 Å². The Balaban J connectivity index is 2.08. The van der Waals surface area contributed by atoms with Gasteiger partial charge >= 0.3 is 12.1 Å². The van der Waals surface area contributed by atoms with Crippen LogP contribution in [0.25, 0.3) is 0 Å². The van der Waals surface area contributed by atoms with Gasteiger partial charge in [-0.1, -0.05) is 0 Å². The number of ether oxygens (including phenoxy) is 1. The van der Waals surface area contributed by atoms with Gasteiger partial charge in [0.25, 0.3) is 0 Å². The molecule has 0 saturated carbocycles. The van der Waals surface area contributed by atoms with Crippen LogP contribution in [0.4, 0.5) is 4.79 Å². The summed E-state index contributed by atoms with van der Waals surface area (Å²) in [7, 11) is 0. The Morgan fingerprint density at radius 2 is 1.94 bits per heavy atom. The second-order valence-corrected chi connectivity index (χ2v) is 5.87. The van der Waals surface area contributed by atoms with Gasteiger partial charge in [0, 0.05) is 12.1 Å². The summed E-state index contributed by atoms with van der Waals surface area (Å²) in [5.41, 5.74) is -0.530. The van der Waals surface area contributed by atoms with Gasteiger partial charge in [-0.05, 0) is 40.0 Å². The van der Waals surface area contributed by atoms with Crippen molar-refractivity contribution in [1.29, 1.82) is 0 Å². The first-order valence-electron chi connectivity index (χ1n) is 6.04. The molecule has 0 unspecified atom stereocenters. The minimum Gasteiger partial charge on any atom is -0.481 e. The number of carbonyl (C=O) groups is 2. The molecule has 0 spiro atoms. The maximum atomic E-state index is 12.0. The number of rotatable bonds is 1. The van der Waals surface area contributed by atoms with E-state index in [0.717, 1.165) is 12.8 Å². The highest BCUT2D eigenvalue weighted by atomic mass is 16.6. The molecule has 2 aliphatic rings. The molecule has 0 radical (unpaired) electrons. The zero-order chi connectivity index (χ0) is 12.8. The molecule has 17 heavy (non-hydrogen) atoms. The predicted octanol–water partition coefficient (Wildman–Crippen LogP) is 1.86. The van der Waals surface area contributed by atoms with Gasteiger partial charge in [0.05, 0.1) is 5.92 Å². The molecule has 0 aliphatic carbocycles. The number of nitrogens with zero attached hydrogens (tertiary/aromatic N) is 1. The summed E-state index contributed by atoms with van der Waals surface area (Å²) in [5, 5.41) is 9.09. The van der Waals surface area contributed by atoms with Crippen LogP contribution in [0.15, 0.2) is 0 Å². The fourth-order valence-electron chi connectivity index (χ4n) is 2.85. The minimum atomic E-state index is -0.800. The molecule has 2 rings (SSSR count). The summed E-state index contributed by atoms with van der Waals surface area (Å²) in [6.45, 7) is 5.45. The van der Waals surface area contributed by atoms with Crippen molar-refractivity contribution in [3.63, 3.8) is 0 Å². The average Bonchev–Trinajstić information content (AvgIpc) is 2.70. The molecule has 1 amide bonds. The van der Waals surface area contributed by atoms with Crippen molar-refractivity contribution in [3.05, 3.63) is 0 Å². The number of carboxylic acid groups (broad SMARTS) is 1. The third kappa shape index (κ3) is 2.23. The molecule has 2 bridgehead atoms. The number of fused-ring (bicyclic) bond motifs is 2. The van der Waals surface area contributed by atoms with Gasteiger partial charge in [-0.3, -0.25) is 4.79 Å². The summed E-state index contributed by atoms with van der Waals surface area (Å²) in [4.78, 5) is 24.7. The topological polar surface area (TPSA) is 66.8 Å². The molecular formula is C12H19NO4. The zero-order valence-corrected chi connectivity index (χ0v) is 10.5. The molecule has 0 aromatic carbocycles. The van der Waals surface area contributed by atoms with Crippen molar-refractivity contribution < 1.29 is 19.4 Å². The summed E-state index contributed by atoms with van der Waals surface area (Å²) >= 11 is 0. The standard InChI is InChI=1S/C12H19NO4/c1-12(2,3)17-11(16)13-7-4-5-9(13)8(6-7)10(14)15/h7-9H,4-6H2,1-3H3,(H,14,15)/t7-,8-,9+/m0/s1. The van der Waals surface area contributed by atoms with E-state index in [-0.39, 0.29) is 18.2 Å². The van der Waals surface area contributed by atoms with Gasteiger partial charge in [-0.2, -0.15) is 0 Å². The normalized spacial score (nSPS) is 31.7. The van der Waals surface area contributed by atoms with E-state index >= 15 is 0 Å².